The van der Waals surface area contributed by atoms with Gasteiger partial charge in [-0.15, -0.1) is 0 Å². The van der Waals surface area contributed by atoms with Crippen LogP contribution < -0.4 is 5.32 Å². The zero-order chi connectivity index (χ0) is 18.0. The molecule has 0 aliphatic rings. The number of carbonyl (C=O) groups excluding carboxylic acids is 2. The van der Waals surface area contributed by atoms with Gasteiger partial charge in [-0.3, -0.25) is 5.32 Å². The summed E-state index contributed by atoms with van der Waals surface area (Å²) < 4.78 is 10.9. The summed E-state index contributed by atoms with van der Waals surface area (Å²) in [4.78, 5) is 28.2. The van der Waals surface area contributed by atoms with Crippen LogP contribution in [0.3, 0.4) is 0 Å². The first-order chi connectivity index (χ1) is 10.3. The van der Waals surface area contributed by atoms with Crippen LogP contribution in [-0.4, -0.2) is 28.2 Å². The summed E-state index contributed by atoms with van der Waals surface area (Å²) in [5.41, 5.74) is -1.29. The van der Waals surface area contributed by atoms with Gasteiger partial charge in [0.15, 0.2) is 0 Å². The van der Waals surface area contributed by atoms with Gasteiger partial charge in [-0.25, -0.2) is 14.6 Å². The number of carbonyl (C=O) groups is 2. The van der Waals surface area contributed by atoms with E-state index >= 15 is 0 Å². The second kappa shape index (κ2) is 7.05. The van der Waals surface area contributed by atoms with Gasteiger partial charge in [0, 0.05) is 6.20 Å². The van der Waals surface area contributed by atoms with E-state index in [1.807, 2.05) is 0 Å². The molecular weight excluding hydrogens is 388 g/mol. The molecule has 0 bridgehead atoms. The molecule has 23 heavy (non-hydrogen) atoms. The second-order valence-corrected chi connectivity index (χ2v) is 7.99. The van der Waals surface area contributed by atoms with E-state index in [1.165, 1.54) is 6.20 Å². The van der Waals surface area contributed by atoms with Gasteiger partial charge < -0.3 is 9.47 Å². The molecule has 0 spiro atoms. The number of hydrogen-bond donors (Lipinski definition) is 1. The molecule has 0 unspecified atom stereocenters. The smallest absolute Gasteiger partial charge is 0.412 e. The molecule has 6 nitrogen and oxygen atoms in total. The molecule has 1 heterocycles. The molecular formula is C15H20BrClN2O4. The average molecular weight is 408 g/mol. The molecule has 0 aliphatic heterocycles. The summed E-state index contributed by atoms with van der Waals surface area (Å²) in [6.45, 7) is 10.4. The van der Waals surface area contributed by atoms with Crippen molar-refractivity contribution in [2.45, 2.75) is 52.7 Å². The predicted molar refractivity (Wildman–Crippen MR) is 92.0 cm³/mol. The van der Waals surface area contributed by atoms with E-state index < -0.39 is 23.3 Å². The Bertz CT molecular complexity index is 621. The predicted octanol–water partition coefficient (Wildman–Crippen LogP) is 4.80. The van der Waals surface area contributed by atoms with Gasteiger partial charge in [0.05, 0.1) is 10.2 Å². The first-order valence-corrected chi connectivity index (χ1v) is 8.04. The number of anilines is 1. The van der Waals surface area contributed by atoms with Gasteiger partial charge in [-0.05, 0) is 57.5 Å². The minimum Gasteiger partial charge on any atom is -0.456 e. The lowest BCUT2D eigenvalue weighted by Gasteiger charge is -2.23. The quantitative estimate of drug-likeness (QED) is 0.563. The SMILES string of the molecule is CC(C)(C)OC(=O)Nc1c(Br)cnc(Cl)c1C(=O)OC(C)(C)C. The summed E-state index contributed by atoms with van der Waals surface area (Å²) in [6.07, 6.45) is 0.661. The van der Waals surface area contributed by atoms with Crippen molar-refractivity contribution >= 4 is 45.3 Å². The lowest BCUT2D eigenvalue weighted by atomic mass is 10.1. The van der Waals surface area contributed by atoms with Crippen LogP contribution in [0.5, 0.6) is 0 Å². The Kier molecular flexibility index (Phi) is 6.04. The van der Waals surface area contributed by atoms with Gasteiger partial charge >= 0.3 is 12.1 Å². The van der Waals surface area contributed by atoms with E-state index in [0.29, 0.717) is 4.47 Å². The highest BCUT2D eigenvalue weighted by atomic mass is 79.9. The van der Waals surface area contributed by atoms with Crippen LogP contribution in [0.1, 0.15) is 51.9 Å². The van der Waals surface area contributed by atoms with Crippen molar-refractivity contribution < 1.29 is 19.1 Å². The van der Waals surface area contributed by atoms with Gasteiger partial charge in [0.2, 0.25) is 0 Å². The number of amides is 1. The Morgan fingerprint density at radius 2 is 1.65 bits per heavy atom. The Balaban J connectivity index is 3.19. The maximum Gasteiger partial charge on any atom is 0.412 e. The van der Waals surface area contributed by atoms with Crippen LogP contribution in [0.2, 0.25) is 5.15 Å². The summed E-state index contributed by atoms with van der Waals surface area (Å²) in [6, 6.07) is 0. The largest absolute Gasteiger partial charge is 0.456 e. The third-order valence-electron chi connectivity index (χ3n) is 2.22. The lowest BCUT2D eigenvalue weighted by molar-refractivity contribution is 0.00705. The van der Waals surface area contributed by atoms with Crippen molar-refractivity contribution in [3.05, 3.63) is 21.4 Å². The minimum atomic E-state index is -0.717. The number of rotatable bonds is 2. The Labute approximate surface area is 149 Å². The Morgan fingerprint density at radius 3 is 2.13 bits per heavy atom. The Morgan fingerprint density at radius 1 is 1.13 bits per heavy atom. The molecule has 1 amide bonds. The molecule has 0 aliphatic carbocycles. The van der Waals surface area contributed by atoms with Crippen molar-refractivity contribution in [2.75, 3.05) is 5.32 Å². The molecule has 0 saturated heterocycles. The van der Waals surface area contributed by atoms with E-state index in [2.05, 4.69) is 26.2 Å². The fraction of sp³-hybridized carbons (Fsp3) is 0.533. The van der Waals surface area contributed by atoms with E-state index in [4.69, 9.17) is 21.1 Å². The number of nitrogens with zero attached hydrogens (tertiary/aromatic N) is 1. The molecule has 0 radical (unpaired) electrons. The summed E-state index contributed by atoms with van der Waals surface area (Å²) in [5, 5.41) is 2.43. The van der Waals surface area contributed by atoms with Crippen LogP contribution >= 0.6 is 27.5 Å². The number of hydrogen-bond acceptors (Lipinski definition) is 5. The van der Waals surface area contributed by atoms with Gasteiger partial charge in [-0.1, -0.05) is 11.6 Å². The topological polar surface area (TPSA) is 77.5 Å². The molecule has 128 valence electrons. The highest BCUT2D eigenvalue weighted by molar-refractivity contribution is 9.10. The number of aromatic nitrogens is 1. The zero-order valence-corrected chi connectivity index (χ0v) is 16.3. The standard InChI is InChI=1S/C15H20BrClN2O4/c1-14(2,3)22-12(20)9-10(8(16)7-18-11(9)17)19-13(21)23-15(4,5)6/h7H,1-6H3,(H,18,19,21). The molecule has 1 aromatic heterocycles. The fourth-order valence-corrected chi connectivity index (χ4v) is 2.13. The highest BCUT2D eigenvalue weighted by Crippen LogP contribution is 2.32. The summed E-state index contributed by atoms with van der Waals surface area (Å²) in [5.74, 6) is -0.692. The molecule has 8 heteroatoms. The second-order valence-electron chi connectivity index (χ2n) is 6.78. The summed E-state index contributed by atoms with van der Waals surface area (Å²) in [7, 11) is 0. The van der Waals surface area contributed by atoms with Crippen LogP contribution in [0.25, 0.3) is 0 Å². The molecule has 0 aromatic carbocycles. The van der Waals surface area contributed by atoms with E-state index in [0.717, 1.165) is 0 Å². The average Bonchev–Trinajstić information content (AvgIpc) is 2.29. The normalized spacial score (nSPS) is 11.8. The molecule has 1 rings (SSSR count). The zero-order valence-electron chi connectivity index (χ0n) is 13.9. The Hall–Kier alpha value is -1.34. The molecule has 0 atom stereocenters. The fourth-order valence-electron chi connectivity index (χ4n) is 1.51. The lowest BCUT2D eigenvalue weighted by Crippen LogP contribution is -2.29. The first kappa shape index (κ1) is 19.7. The number of ether oxygens (including phenoxy) is 2. The number of nitrogens with one attached hydrogen (secondary N) is 1. The molecule has 1 aromatic rings. The highest BCUT2D eigenvalue weighted by Gasteiger charge is 2.27. The van der Waals surface area contributed by atoms with E-state index in [1.54, 1.807) is 41.5 Å². The van der Waals surface area contributed by atoms with Crippen molar-refractivity contribution in [1.82, 2.24) is 4.98 Å². The van der Waals surface area contributed by atoms with Gasteiger partial charge in [-0.2, -0.15) is 0 Å². The summed E-state index contributed by atoms with van der Waals surface area (Å²) >= 11 is 9.25. The maximum atomic E-state index is 12.4. The van der Waals surface area contributed by atoms with E-state index in [-0.39, 0.29) is 16.4 Å². The first-order valence-electron chi connectivity index (χ1n) is 6.87. The van der Waals surface area contributed by atoms with Crippen LogP contribution in [0.15, 0.2) is 10.7 Å². The third kappa shape index (κ3) is 6.35. The maximum absolute atomic E-state index is 12.4. The third-order valence-corrected chi connectivity index (χ3v) is 3.10. The van der Waals surface area contributed by atoms with Gasteiger partial charge in [0.1, 0.15) is 21.9 Å². The van der Waals surface area contributed by atoms with E-state index in [9.17, 15) is 9.59 Å². The number of pyridine rings is 1. The monoisotopic (exact) mass is 406 g/mol. The number of esters is 1. The van der Waals surface area contributed by atoms with Crippen LogP contribution in [-0.2, 0) is 9.47 Å². The molecule has 0 fully saturated rings. The number of halogens is 2. The van der Waals surface area contributed by atoms with Crippen molar-refractivity contribution in [2.24, 2.45) is 0 Å². The van der Waals surface area contributed by atoms with Gasteiger partial charge in [0.25, 0.3) is 0 Å². The molecule has 0 saturated carbocycles. The van der Waals surface area contributed by atoms with Crippen LogP contribution in [0, 0.1) is 0 Å². The van der Waals surface area contributed by atoms with Crippen molar-refractivity contribution in [3.63, 3.8) is 0 Å². The minimum absolute atomic E-state index is 0.0400. The molecule has 1 N–H and O–H groups in total. The van der Waals surface area contributed by atoms with Crippen LogP contribution in [0.4, 0.5) is 10.5 Å². The van der Waals surface area contributed by atoms with Crippen molar-refractivity contribution in [3.8, 4) is 0 Å². The van der Waals surface area contributed by atoms with Crippen molar-refractivity contribution in [1.29, 1.82) is 0 Å².